The second-order valence-electron chi connectivity index (χ2n) is 6.99. The highest BCUT2D eigenvalue weighted by atomic mass is 32.2. The lowest BCUT2D eigenvalue weighted by atomic mass is 9.98. The van der Waals surface area contributed by atoms with Crippen LogP contribution >= 0.6 is 0 Å². The fourth-order valence-corrected chi connectivity index (χ4v) is 3.84. The Morgan fingerprint density at radius 1 is 1.29 bits per heavy atom. The summed E-state index contributed by atoms with van der Waals surface area (Å²) in [7, 11) is -3.39. The molecule has 1 aromatic carbocycles. The molecular formula is C17H20F3N3O7S. The number of carbonyl (C=O) groups is 2. The van der Waals surface area contributed by atoms with Gasteiger partial charge in [-0.25, -0.2) is 12.7 Å². The van der Waals surface area contributed by atoms with Crippen LogP contribution in [0.3, 0.4) is 0 Å². The number of sulfonamides is 1. The first-order valence-electron chi connectivity index (χ1n) is 9.02. The minimum absolute atomic E-state index is 0.108. The normalized spacial score (nSPS) is 17.1. The Morgan fingerprint density at radius 2 is 1.87 bits per heavy atom. The zero-order valence-electron chi connectivity index (χ0n) is 16.5. The summed E-state index contributed by atoms with van der Waals surface area (Å²) in [6.45, 7) is 1.38. The number of nitrogens with zero attached hydrogens (tertiary/aromatic N) is 2. The predicted octanol–water partition coefficient (Wildman–Crippen LogP) is 2.16. The number of halogens is 3. The van der Waals surface area contributed by atoms with Crippen molar-refractivity contribution in [3.63, 3.8) is 0 Å². The number of alkyl halides is 3. The molecule has 2 rings (SSSR count). The average Bonchev–Trinajstić information content (AvgIpc) is 2.66. The summed E-state index contributed by atoms with van der Waals surface area (Å²) in [5, 5.41) is 12.7. The van der Waals surface area contributed by atoms with Crippen LogP contribution in [0.5, 0.6) is 0 Å². The van der Waals surface area contributed by atoms with Crippen molar-refractivity contribution in [2.75, 3.05) is 24.7 Å². The minimum Gasteiger partial charge on any atom is -0.452 e. The number of ether oxygens (including phenoxy) is 1. The van der Waals surface area contributed by atoms with E-state index in [9.17, 15) is 41.3 Å². The first kappa shape index (κ1) is 24.5. The second-order valence-corrected chi connectivity index (χ2v) is 8.97. The standard InChI is InChI=1S/C17H20F3N3O7S/c1-10(30-16(25)11-5-7-22(8-6-11)31(2,28)29)15(24)21-14-4-3-12(23(26)27)9-13(14)17(18,19)20/h3-4,9-11H,5-8H2,1-2H3,(H,21,24). The van der Waals surface area contributed by atoms with Gasteiger partial charge >= 0.3 is 12.1 Å². The number of anilines is 1. The Balaban J connectivity index is 2.03. The van der Waals surface area contributed by atoms with Crippen molar-refractivity contribution in [1.82, 2.24) is 4.31 Å². The number of nitro groups is 1. The summed E-state index contributed by atoms with van der Waals surface area (Å²) in [4.78, 5) is 34.2. The summed E-state index contributed by atoms with van der Waals surface area (Å²) in [6.07, 6.45) is -5.01. The van der Waals surface area contributed by atoms with Gasteiger partial charge in [0.05, 0.1) is 28.3 Å². The second kappa shape index (κ2) is 9.18. The number of rotatable bonds is 6. The molecule has 31 heavy (non-hydrogen) atoms. The third kappa shape index (κ3) is 6.37. The summed E-state index contributed by atoms with van der Waals surface area (Å²) in [6, 6.07) is 1.84. The zero-order chi connectivity index (χ0) is 23.6. The Hall–Kier alpha value is -2.74. The molecule has 1 atom stereocenters. The van der Waals surface area contributed by atoms with E-state index >= 15 is 0 Å². The first-order chi connectivity index (χ1) is 14.2. The van der Waals surface area contributed by atoms with Gasteiger partial charge in [-0.1, -0.05) is 0 Å². The molecule has 0 bridgehead atoms. The molecule has 1 fully saturated rings. The van der Waals surface area contributed by atoms with Crippen molar-refractivity contribution >= 4 is 33.3 Å². The highest BCUT2D eigenvalue weighted by Gasteiger charge is 2.36. The molecule has 172 valence electrons. The van der Waals surface area contributed by atoms with Gasteiger partial charge in [-0.3, -0.25) is 19.7 Å². The summed E-state index contributed by atoms with van der Waals surface area (Å²) in [5.74, 6) is -2.48. The molecule has 1 saturated heterocycles. The number of amides is 1. The highest BCUT2D eigenvalue weighted by Crippen LogP contribution is 2.37. The number of nitrogens with one attached hydrogen (secondary N) is 1. The highest BCUT2D eigenvalue weighted by molar-refractivity contribution is 7.88. The van der Waals surface area contributed by atoms with E-state index in [1.165, 1.54) is 4.31 Å². The molecule has 14 heteroatoms. The van der Waals surface area contributed by atoms with Crippen molar-refractivity contribution in [3.8, 4) is 0 Å². The first-order valence-corrected chi connectivity index (χ1v) is 10.9. The molecule has 1 aliphatic rings. The molecule has 10 nitrogen and oxygen atoms in total. The van der Waals surface area contributed by atoms with Crippen molar-refractivity contribution in [2.24, 2.45) is 5.92 Å². The van der Waals surface area contributed by atoms with Crippen LogP contribution in [-0.4, -0.2) is 55.0 Å². The molecule has 1 aliphatic heterocycles. The smallest absolute Gasteiger partial charge is 0.418 e. The van der Waals surface area contributed by atoms with Crippen LogP contribution in [0.2, 0.25) is 0 Å². The number of hydrogen-bond acceptors (Lipinski definition) is 7. The summed E-state index contributed by atoms with van der Waals surface area (Å²) >= 11 is 0. The van der Waals surface area contributed by atoms with E-state index in [1.807, 2.05) is 5.32 Å². The zero-order valence-corrected chi connectivity index (χ0v) is 17.3. The fourth-order valence-electron chi connectivity index (χ4n) is 2.97. The quantitative estimate of drug-likeness (QED) is 0.385. The summed E-state index contributed by atoms with van der Waals surface area (Å²) < 4.78 is 68.8. The third-order valence-electron chi connectivity index (χ3n) is 4.70. The lowest BCUT2D eigenvalue weighted by Crippen LogP contribution is -2.41. The largest absolute Gasteiger partial charge is 0.452 e. The molecule has 0 radical (unpaired) electrons. The van der Waals surface area contributed by atoms with Crippen molar-refractivity contribution < 1.29 is 40.8 Å². The lowest BCUT2D eigenvalue weighted by Gasteiger charge is -2.29. The van der Waals surface area contributed by atoms with Crippen LogP contribution < -0.4 is 5.32 Å². The van der Waals surface area contributed by atoms with E-state index in [-0.39, 0.29) is 25.9 Å². The van der Waals surface area contributed by atoms with Gasteiger partial charge in [0, 0.05) is 25.2 Å². The minimum atomic E-state index is -4.97. The van der Waals surface area contributed by atoms with E-state index in [4.69, 9.17) is 4.74 Å². The average molecular weight is 467 g/mol. The predicted molar refractivity (Wildman–Crippen MR) is 101 cm³/mol. The number of nitro benzene ring substituents is 1. The molecule has 1 N–H and O–H groups in total. The maximum atomic E-state index is 13.2. The third-order valence-corrected chi connectivity index (χ3v) is 6.00. The van der Waals surface area contributed by atoms with Gasteiger partial charge in [0.15, 0.2) is 6.10 Å². The van der Waals surface area contributed by atoms with E-state index < -0.39 is 62.0 Å². The topological polar surface area (TPSA) is 136 Å². The SMILES string of the molecule is CC(OC(=O)C1CCN(S(C)(=O)=O)CC1)C(=O)Nc1ccc([N+](=O)[O-])cc1C(F)(F)F. The van der Waals surface area contributed by atoms with Crippen molar-refractivity contribution in [1.29, 1.82) is 0 Å². The Morgan fingerprint density at radius 3 is 2.35 bits per heavy atom. The van der Waals surface area contributed by atoms with Gasteiger partial charge in [-0.2, -0.15) is 13.2 Å². The molecule has 0 aliphatic carbocycles. The van der Waals surface area contributed by atoms with Crippen LogP contribution in [0.15, 0.2) is 18.2 Å². The number of hydrogen-bond donors (Lipinski definition) is 1. The molecule has 0 aromatic heterocycles. The Kier molecular flexibility index (Phi) is 7.26. The fraction of sp³-hybridized carbons (Fsp3) is 0.529. The van der Waals surface area contributed by atoms with Crippen molar-refractivity contribution in [2.45, 2.75) is 32.0 Å². The molecule has 1 aromatic rings. The van der Waals surface area contributed by atoms with E-state index in [0.717, 1.165) is 25.3 Å². The number of piperidine rings is 1. The van der Waals surface area contributed by atoms with Gasteiger partial charge in [-0.05, 0) is 25.8 Å². The van der Waals surface area contributed by atoms with E-state index in [2.05, 4.69) is 0 Å². The lowest BCUT2D eigenvalue weighted by molar-refractivity contribution is -0.385. The Bertz CT molecular complexity index is 974. The van der Waals surface area contributed by atoms with Gasteiger partial charge < -0.3 is 10.1 Å². The van der Waals surface area contributed by atoms with Gasteiger partial charge in [-0.15, -0.1) is 0 Å². The Labute approximate surface area is 175 Å². The molecule has 1 heterocycles. The molecule has 1 unspecified atom stereocenters. The number of carbonyl (C=O) groups excluding carboxylic acids is 2. The van der Waals surface area contributed by atoms with Gasteiger partial charge in [0.2, 0.25) is 10.0 Å². The van der Waals surface area contributed by atoms with Crippen LogP contribution in [0.1, 0.15) is 25.3 Å². The van der Waals surface area contributed by atoms with Crippen LogP contribution in [-0.2, 0) is 30.5 Å². The molecule has 1 amide bonds. The number of esters is 1. The van der Waals surface area contributed by atoms with Crippen LogP contribution in [0.25, 0.3) is 0 Å². The summed E-state index contributed by atoms with van der Waals surface area (Å²) in [5.41, 5.74) is -2.93. The van der Waals surface area contributed by atoms with Crippen LogP contribution in [0.4, 0.5) is 24.5 Å². The maximum absolute atomic E-state index is 13.2. The maximum Gasteiger partial charge on any atom is 0.418 e. The molecule has 0 saturated carbocycles. The van der Waals surface area contributed by atoms with Gasteiger partial charge in [0.25, 0.3) is 11.6 Å². The van der Waals surface area contributed by atoms with Crippen LogP contribution in [0, 0.1) is 16.0 Å². The van der Waals surface area contributed by atoms with Gasteiger partial charge in [0.1, 0.15) is 0 Å². The monoisotopic (exact) mass is 467 g/mol. The molecular weight excluding hydrogens is 447 g/mol. The van der Waals surface area contributed by atoms with Crippen molar-refractivity contribution in [3.05, 3.63) is 33.9 Å². The molecule has 0 spiro atoms. The van der Waals surface area contributed by atoms with E-state index in [1.54, 1.807) is 0 Å². The van der Waals surface area contributed by atoms with E-state index in [0.29, 0.717) is 6.07 Å². The number of non-ortho nitro benzene ring substituents is 1. The number of benzene rings is 1.